The Bertz CT molecular complexity index is 712. The molecule has 2 atom stereocenters. The lowest BCUT2D eigenvalue weighted by atomic mass is 9.97. The number of nitrogens with one attached hydrogen (secondary N) is 1. The maximum Gasteiger partial charge on any atom is 0.241 e. The Balaban J connectivity index is 1.28. The molecule has 26 heavy (non-hydrogen) atoms. The molecule has 7 nitrogen and oxygen atoms in total. The van der Waals surface area contributed by atoms with E-state index in [9.17, 15) is 4.79 Å². The molecule has 2 aromatic heterocycles. The number of hydrogen-bond donors (Lipinski definition) is 1. The third-order valence-corrected chi connectivity index (χ3v) is 5.84. The van der Waals surface area contributed by atoms with Crippen LogP contribution in [0.25, 0.3) is 10.7 Å². The zero-order valence-electron chi connectivity index (χ0n) is 14.7. The summed E-state index contributed by atoms with van der Waals surface area (Å²) in [7, 11) is 0. The molecule has 0 bridgehead atoms. The van der Waals surface area contributed by atoms with Gasteiger partial charge >= 0.3 is 0 Å². The summed E-state index contributed by atoms with van der Waals surface area (Å²) in [4.78, 5) is 20.2. The first-order valence-corrected chi connectivity index (χ1v) is 10.1. The Morgan fingerprint density at radius 1 is 1.38 bits per heavy atom. The minimum atomic E-state index is 0.0184. The van der Waals surface area contributed by atoms with Crippen LogP contribution >= 0.6 is 11.3 Å². The number of carbonyl (C=O) groups is 1. The number of carbonyl (C=O) groups excluding carboxylic acids is 1. The normalized spacial score (nSPS) is 24.0. The highest BCUT2D eigenvalue weighted by atomic mass is 32.1. The van der Waals surface area contributed by atoms with Crippen molar-refractivity contribution in [2.75, 3.05) is 26.2 Å². The molecule has 140 valence electrons. The molecule has 0 radical (unpaired) electrons. The van der Waals surface area contributed by atoms with E-state index in [0.29, 0.717) is 24.8 Å². The first-order valence-electron chi connectivity index (χ1n) is 9.26. The number of piperidine rings is 1. The number of thiophene rings is 1. The Morgan fingerprint density at radius 2 is 2.35 bits per heavy atom. The lowest BCUT2D eigenvalue weighted by Crippen LogP contribution is -2.44. The average Bonchev–Trinajstić information content (AvgIpc) is 3.41. The van der Waals surface area contributed by atoms with Crippen molar-refractivity contribution in [3.05, 3.63) is 23.4 Å². The van der Waals surface area contributed by atoms with Gasteiger partial charge < -0.3 is 14.6 Å². The molecule has 2 aliphatic rings. The van der Waals surface area contributed by atoms with Crippen molar-refractivity contribution in [3.63, 3.8) is 0 Å². The molecular formula is C18H24N4O3S. The smallest absolute Gasteiger partial charge is 0.241 e. The summed E-state index contributed by atoms with van der Waals surface area (Å²) in [6, 6.07) is 3.95. The van der Waals surface area contributed by atoms with Crippen molar-refractivity contribution in [2.45, 2.75) is 38.3 Å². The van der Waals surface area contributed by atoms with Crippen molar-refractivity contribution >= 4 is 17.2 Å². The Morgan fingerprint density at radius 3 is 3.15 bits per heavy atom. The lowest BCUT2D eigenvalue weighted by molar-refractivity contribution is -0.127. The maximum atomic E-state index is 12.5. The summed E-state index contributed by atoms with van der Waals surface area (Å²) in [5.74, 6) is 1.39. The van der Waals surface area contributed by atoms with Crippen LogP contribution in [0, 0.1) is 5.92 Å². The van der Waals surface area contributed by atoms with Crippen molar-refractivity contribution in [2.24, 2.45) is 5.92 Å². The number of nitrogens with zero attached hydrogens (tertiary/aromatic N) is 3. The number of amides is 1. The molecule has 1 amide bonds. The molecule has 2 aliphatic heterocycles. The fourth-order valence-corrected chi connectivity index (χ4v) is 4.24. The Kier molecular flexibility index (Phi) is 5.62. The van der Waals surface area contributed by atoms with E-state index in [2.05, 4.69) is 20.4 Å². The van der Waals surface area contributed by atoms with Crippen LogP contribution in [0.1, 0.15) is 31.6 Å². The number of rotatable bonds is 6. The largest absolute Gasteiger partial charge is 0.376 e. The first kappa shape index (κ1) is 17.6. The van der Waals surface area contributed by atoms with Crippen molar-refractivity contribution in [1.82, 2.24) is 20.4 Å². The fourth-order valence-electron chi connectivity index (χ4n) is 3.59. The number of likely N-dealkylation sites (tertiary alicyclic amines) is 1. The van der Waals surface area contributed by atoms with Crippen LogP contribution in [-0.2, 0) is 16.1 Å². The standard InChI is InChI=1S/C18H24N4O3S/c23-18(19-10-14-5-2-8-24-14)13-4-1-7-22(11-13)12-16-20-17(21-25-16)15-6-3-9-26-15/h3,6,9,13-14H,1-2,4-5,7-8,10-12H2,(H,19,23)/t13-,14+/m0/s1. The van der Waals surface area contributed by atoms with E-state index >= 15 is 0 Å². The summed E-state index contributed by atoms with van der Waals surface area (Å²) in [6.07, 6.45) is 4.26. The minimum absolute atomic E-state index is 0.0184. The second-order valence-electron chi connectivity index (χ2n) is 6.94. The SMILES string of the molecule is O=C(NC[C@H]1CCCO1)[C@H]1CCCN(Cc2nc(-c3cccs3)no2)C1. The third-order valence-electron chi connectivity index (χ3n) is 4.97. The zero-order valence-corrected chi connectivity index (χ0v) is 15.5. The average molecular weight is 376 g/mol. The summed E-state index contributed by atoms with van der Waals surface area (Å²) < 4.78 is 11.0. The van der Waals surface area contributed by atoms with Crippen LogP contribution in [0.5, 0.6) is 0 Å². The molecule has 2 aromatic rings. The van der Waals surface area contributed by atoms with Gasteiger partial charge in [-0.15, -0.1) is 11.3 Å². The fraction of sp³-hybridized carbons (Fsp3) is 0.611. The van der Waals surface area contributed by atoms with E-state index in [1.54, 1.807) is 11.3 Å². The van der Waals surface area contributed by atoms with E-state index in [1.165, 1.54) is 0 Å². The first-order chi connectivity index (χ1) is 12.8. The van der Waals surface area contributed by atoms with Gasteiger partial charge in [0, 0.05) is 19.7 Å². The molecule has 0 spiro atoms. The molecular weight excluding hydrogens is 352 g/mol. The van der Waals surface area contributed by atoms with E-state index in [0.717, 1.165) is 50.3 Å². The van der Waals surface area contributed by atoms with Crippen LogP contribution < -0.4 is 5.32 Å². The highest BCUT2D eigenvalue weighted by molar-refractivity contribution is 7.13. The molecule has 0 aliphatic carbocycles. The van der Waals surface area contributed by atoms with Gasteiger partial charge in [0.1, 0.15) is 0 Å². The van der Waals surface area contributed by atoms with Gasteiger partial charge in [-0.05, 0) is 43.7 Å². The number of hydrogen-bond acceptors (Lipinski definition) is 7. The second kappa shape index (κ2) is 8.28. The summed E-state index contributed by atoms with van der Waals surface area (Å²) >= 11 is 1.59. The van der Waals surface area contributed by atoms with Crippen LogP contribution in [-0.4, -0.2) is 53.3 Å². The monoisotopic (exact) mass is 376 g/mol. The van der Waals surface area contributed by atoms with Gasteiger partial charge in [0.2, 0.25) is 17.6 Å². The van der Waals surface area contributed by atoms with Crippen molar-refractivity contribution in [1.29, 1.82) is 0 Å². The molecule has 8 heteroatoms. The Hall–Kier alpha value is -1.77. The van der Waals surface area contributed by atoms with Gasteiger partial charge in [-0.3, -0.25) is 9.69 Å². The summed E-state index contributed by atoms with van der Waals surface area (Å²) in [5.41, 5.74) is 0. The summed E-state index contributed by atoms with van der Waals surface area (Å²) in [6.45, 7) is 3.72. The molecule has 0 unspecified atom stereocenters. The van der Waals surface area contributed by atoms with E-state index in [4.69, 9.17) is 9.26 Å². The molecule has 2 fully saturated rings. The van der Waals surface area contributed by atoms with E-state index in [1.807, 2.05) is 17.5 Å². The number of aromatic nitrogens is 2. The number of ether oxygens (including phenoxy) is 1. The Labute approximate surface area is 156 Å². The highest BCUT2D eigenvalue weighted by Gasteiger charge is 2.27. The van der Waals surface area contributed by atoms with Gasteiger partial charge in [0.25, 0.3) is 0 Å². The lowest BCUT2D eigenvalue weighted by Gasteiger charge is -2.31. The van der Waals surface area contributed by atoms with Crippen LogP contribution in [0.4, 0.5) is 0 Å². The molecule has 4 heterocycles. The predicted octanol–water partition coefficient (Wildman–Crippen LogP) is 2.31. The molecule has 1 N–H and O–H groups in total. The van der Waals surface area contributed by atoms with Gasteiger partial charge in [0.15, 0.2) is 0 Å². The van der Waals surface area contributed by atoms with E-state index in [-0.39, 0.29) is 17.9 Å². The van der Waals surface area contributed by atoms with Crippen LogP contribution in [0.3, 0.4) is 0 Å². The summed E-state index contributed by atoms with van der Waals surface area (Å²) in [5, 5.41) is 9.11. The quantitative estimate of drug-likeness (QED) is 0.833. The topological polar surface area (TPSA) is 80.5 Å². The van der Waals surface area contributed by atoms with Gasteiger partial charge in [0.05, 0.1) is 23.4 Å². The molecule has 4 rings (SSSR count). The van der Waals surface area contributed by atoms with Crippen molar-refractivity contribution in [3.8, 4) is 10.7 Å². The second-order valence-corrected chi connectivity index (χ2v) is 7.89. The maximum absolute atomic E-state index is 12.5. The minimum Gasteiger partial charge on any atom is -0.376 e. The van der Waals surface area contributed by atoms with Gasteiger partial charge in [-0.2, -0.15) is 4.98 Å². The van der Waals surface area contributed by atoms with Crippen LogP contribution in [0.2, 0.25) is 0 Å². The third kappa shape index (κ3) is 4.31. The predicted molar refractivity (Wildman–Crippen MR) is 97.6 cm³/mol. The van der Waals surface area contributed by atoms with Crippen molar-refractivity contribution < 1.29 is 14.1 Å². The molecule has 0 saturated carbocycles. The van der Waals surface area contributed by atoms with Gasteiger partial charge in [-0.25, -0.2) is 0 Å². The zero-order chi connectivity index (χ0) is 17.8. The van der Waals surface area contributed by atoms with E-state index < -0.39 is 0 Å². The van der Waals surface area contributed by atoms with Crippen LogP contribution in [0.15, 0.2) is 22.0 Å². The molecule has 0 aromatic carbocycles. The molecule has 2 saturated heterocycles. The highest BCUT2D eigenvalue weighted by Crippen LogP contribution is 2.23. The van der Waals surface area contributed by atoms with Gasteiger partial charge in [-0.1, -0.05) is 11.2 Å².